The maximum atomic E-state index is 12.9. The molecule has 2 unspecified atom stereocenters. The highest BCUT2D eigenvalue weighted by Gasteiger charge is 2.34. The minimum absolute atomic E-state index is 0.143. The van der Waals surface area contributed by atoms with Crippen molar-refractivity contribution in [3.63, 3.8) is 0 Å². The molecule has 0 radical (unpaired) electrons. The summed E-state index contributed by atoms with van der Waals surface area (Å²) in [7, 11) is -3.54. The van der Waals surface area contributed by atoms with Crippen LogP contribution in [0.5, 0.6) is 0 Å². The number of nitrogens with one attached hydrogen (secondary N) is 1. The number of rotatable bonds is 5. The molecule has 1 aliphatic heterocycles. The van der Waals surface area contributed by atoms with E-state index in [0.29, 0.717) is 29.3 Å². The highest BCUT2D eigenvalue weighted by Crippen LogP contribution is 2.30. The van der Waals surface area contributed by atoms with Crippen LogP contribution in [0.4, 0.5) is 5.69 Å². The average molecular weight is 329 g/mol. The van der Waals surface area contributed by atoms with Crippen molar-refractivity contribution in [3.8, 4) is 0 Å². The van der Waals surface area contributed by atoms with Crippen molar-refractivity contribution in [2.45, 2.75) is 42.7 Å². The van der Waals surface area contributed by atoms with E-state index in [9.17, 15) is 8.42 Å². The van der Waals surface area contributed by atoms with E-state index in [1.807, 2.05) is 18.7 Å². The molecule has 21 heavy (non-hydrogen) atoms. The molecular weight excluding hydrogens is 306 g/mol. The molecule has 1 aromatic rings. The first kappa shape index (κ1) is 16.6. The van der Waals surface area contributed by atoms with Gasteiger partial charge in [-0.05, 0) is 18.6 Å². The van der Waals surface area contributed by atoms with Crippen LogP contribution in [-0.2, 0) is 10.0 Å². The molecule has 0 amide bonds. The third kappa shape index (κ3) is 3.90. The predicted octanol–water partition coefficient (Wildman–Crippen LogP) is 2.42. The highest BCUT2D eigenvalue weighted by atomic mass is 32.2. The Labute approximate surface area is 131 Å². The molecule has 0 aromatic carbocycles. The van der Waals surface area contributed by atoms with Gasteiger partial charge >= 0.3 is 0 Å². The molecular formula is C14H23N3O2S2. The molecule has 0 bridgehead atoms. The highest BCUT2D eigenvalue weighted by molar-refractivity contribution is 8.00. The number of thioether (sulfide) groups is 1. The fraction of sp³-hybridized carbons (Fsp3) is 0.643. The van der Waals surface area contributed by atoms with Gasteiger partial charge in [-0.15, -0.1) is 0 Å². The Bertz CT molecular complexity index is 567. The van der Waals surface area contributed by atoms with Gasteiger partial charge in [-0.3, -0.25) is 0 Å². The summed E-state index contributed by atoms with van der Waals surface area (Å²) in [6.07, 6.45) is 2.47. The van der Waals surface area contributed by atoms with E-state index in [4.69, 9.17) is 0 Å². The zero-order chi connectivity index (χ0) is 15.5. The Morgan fingerprint density at radius 2 is 2.05 bits per heavy atom. The van der Waals surface area contributed by atoms with Crippen LogP contribution in [0.3, 0.4) is 0 Å². The zero-order valence-electron chi connectivity index (χ0n) is 12.7. The van der Waals surface area contributed by atoms with Crippen molar-refractivity contribution in [1.29, 1.82) is 0 Å². The summed E-state index contributed by atoms with van der Waals surface area (Å²) >= 11 is 1.83. The Balaban J connectivity index is 2.31. The Morgan fingerprint density at radius 3 is 2.67 bits per heavy atom. The molecule has 0 saturated carbocycles. The van der Waals surface area contributed by atoms with Gasteiger partial charge < -0.3 is 5.32 Å². The predicted molar refractivity (Wildman–Crippen MR) is 88.3 cm³/mol. The first-order valence-corrected chi connectivity index (χ1v) is 9.68. The summed E-state index contributed by atoms with van der Waals surface area (Å²) in [6, 6.07) is 3.54. The third-order valence-electron chi connectivity index (χ3n) is 3.31. The van der Waals surface area contributed by atoms with Crippen molar-refractivity contribution < 1.29 is 8.42 Å². The second-order valence-corrected chi connectivity index (χ2v) is 9.10. The molecule has 7 heteroatoms. The fourth-order valence-electron chi connectivity index (χ4n) is 2.44. The molecule has 1 aliphatic rings. The van der Waals surface area contributed by atoms with Crippen LogP contribution in [0.2, 0.25) is 0 Å². The van der Waals surface area contributed by atoms with Crippen molar-refractivity contribution in [1.82, 2.24) is 9.29 Å². The van der Waals surface area contributed by atoms with Crippen LogP contribution in [0.15, 0.2) is 23.4 Å². The van der Waals surface area contributed by atoms with Crippen LogP contribution in [-0.4, -0.2) is 47.8 Å². The number of nitrogens with zero attached hydrogens (tertiary/aromatic N) is 2. The lowest BCUT2D eigenvalue weighted by Crippen LogP contribution is -2.44. The molecule has 1 aromatic heterocycles. The van der Waals surface area contributed by atoms with Crippen LogP contribution < -0.4 is 5.32 Å². The maximum absolute atomic E-state index is 12.9. The van der Waals surface area contributed by atoms with Gasteiger partial charge in [0.05, 0.1) is 5.69 Å². The van der Waals surface area contributed by atoms with Crippen molar-refractivity contribution in [3.05, 3.63) is 18.3 Å². The standard InChI is InChI=1S/C14H23N3O2S2/c1-4-7-15-13-6-5-8-16-14(13)21(18,19)17-9-11(2)20-12(3)10-17/h5-6,8,11-12,15H,4,7,9-10H2,1-3H3. The molecule has 1 saturated heterocycles. The van der Waals surface area contributed by atoms with E-state index in [0.717, 1.165) is 13.0 Å². The fourth-order valence-corrected chi connectivity index (χ4v) is 5.65. The van der Waals surface area contributed by atoms with E-state index in [2.05, 4.69) is 24.1 Å². The molecule has 1 fully saturated rings. The van der Waals surface area contributed by atoms with E-state index >= 15 is 0 Å². The number of pyridine rings is 1. The van der Waals surface area contributed by atoms with Crippen LogP contribution in [0.1, 0.15) is 27.2 Å². The SMILES string of the molecule is CCCNc1cccnc1S(=O)(=O)N1CC(C)SC(C)C1. The number of sulfonamides is 1. The topological polar surface area (TPSA) is 62.3 Å². The van der Waals surface area contributed by atoms with Gasteiger partial charge in [-0.2, -0.15) is 16.1 Å². The molecule has 0 aliphatic carbocycles. The van der Waals surface area contributed by atoms with Crippen LogP contribution in [0, 0.1) is 0 Å². The molecule has 5 nitrogen and oxygen atoms in total. The molecule has 0 spiro atoms. The zero-order valence-corrected chi connectivity index (χ0v) is 14.4. The van der Waals surface area contributed by atoms with Gasteiger partial charge in [0.1, 0.15) is 0 Å². The Morgan fingerprint density at radius 1 is 1.38 bits per heavy atom. The van der Waals surface area contributed by atoms with Crippen molar-refractivity contribution in [2.24, 2.45) is 0 Å². The van der Waals surface area contributed by atoms with Gasteiger partial charge in [0.15, 0.2) is 5.03 Å². The molecule has 2 atom stereocenters. The lowest BCUT2D eigenvalue weighted by molar-refractivity contribution is 0.403. The van der Waals surface area contributed by atoms with Gasteiger partial charge in [-0.25, -0.2) is 13.4 Å². The van der Waals surface area contributed by atoms with Crippen molar-refractivity contribution in [2.75, 3.05) is 25.0 Å². The quantitative estimate of drug-likeness (QED) is 0.899. The Hall–Kier alpha value is -0.790. The Kier molecular flexibility index (Phi) is 5.51. The molecule has 2 rings (SSSR count). The third-order valence-corrected chi connectivity index (χ3v) is 6.33. The van der Waals surface area contributed by atoms with E-state index in [1.165, 1.54) is 6.20 Å². The van der Waals surface area contributed by atoms with Gasteiger partial charge in [-0.1, -0.05) is 20.8 Å². The summed E-state index contributed by atoms with van der Waals surface area (Å²) in [5, 5.41) is 3.91. The van der Waals surface area contributed by atoms with Gasteiger partial charge in [0, 0.05) is 36.3 Å². The van der Waals surface area contributed by atoms with Gasteiger partial charge in [0.2, 0.25) is 0 Å². The summed E-state index contributed by atoms with van der Waals surface area (Å²) < 4.78 is 27.3. The largest absolute Gasteiger partial charge is 0.383 e. The first-order chi connectivity index (χ1) is 9.95. The lowest BCUT2D eigenvalue weighted by atomic mass is 10.4. The van der Waals surface area contributed by atoms with Crippen LogP contribution >= 0.6 is 11.8 Å². The smallest absolute Gasteiger partial charge is 0.262 e. The van der Waals surface area contributed by atoms with Crippen LogP contribution in [0.25, 0.3) is 0 Å². The molecule has 1 N–H and O–H groups in total. The second-order valence-electron chi connectivity index (χ2n) is 5.36. The van der Waals surface area contributed by atoms with E-state index in [1.54, 1.807) is 16.4 Å². The summed E-state index contributed by atoms with van der Waals surface area (Å²) in [6.45, 7) is 8.00. The molecule has 118 valence electrons. The normalized spacial score (nSPS) is 24.0. The summed E-state index contributed by atoms with van der Waals surface area (Å²) in [5.41, 5.74) is 0.595. The lowest BCUT2D eigenvalue weighted by Gasteiger charge is -2.33. The van der Waals surface area contributed by atoms with Gasteiger partial charge in [0.25, 0.3) is 10.0 Å². The maximum Gasteiger partial charge on any atom is 0.262 e. The monoisotopic (exact) mass is 329 g/mol. The second kappa shape index (κ2) is 6.98. The van der Waals surface area contributed by atoms with Crippen molar-refractivity contribution >= 4 is 27.5 Å². The summed E-state index contributed by atoms with van der Waals surface area (Å²) in [4.78, 5) is 4.13. The average Bonchev–Trinajstić information content (AvgIpc) is 2.44. The number of aromatic nitrogens is 1. The minimum Gasteiger partial charge on any atom is -0.383 e. The number of hydrogen-bond donors (Lipinski definition) is 1. The first-order valence-electron chi connectivity index (χ1n) is 7.29. The number of hydrogen-bond acceptors (Lipinski definition) is 5. The van der Waals surface area contributed by atoms with E-state index < -0.39 is 10.0 Å². The summed E-state index contributed by atoms with van der Waals surface area (Å²) in [5.74, 6) is 0. The minimum atomic E-state index is -3.54. The van der Waals surface area contributed by atoms with E-state index in [-0.39, 0.29) is 5.03 Å². The molecule has 2 heterocycles. The number of anilines is 1.